The quantitative estimate of drug-likeness (QED) is 0.288. The monoisotopic (exact) mass is 535 g/mol. The number of carbonyl (C=O) groups excluding carboxylic acids is 1. The van der Waals surface area contributed by atoms with Gasteiger partial charge in [-0.25, -0.2) is 4.98 Å². The molecule has 2 heterocycles. The normalized spacial score (nSPS) is 15.1. The van der Waals surface area contributed by atoms with Gasteiger partial charge in [0.25, 0.3) is 5.91 Å². The van der Waals surface area contributed by atoms with Crippen molar-refractivity contribution < 1.29 is 15.0 Å². The average molecular weight is 536 g/mol. The Labute approximate surface area is 225 Å². The summed E-state index contributed by atoms with van der Waals surface area (Å²) in [5, 5.41) is 21.6. The molecule has 5 rings (SSSR count). The van der Waals surface area contributed by atoms with E-state index in [1.807, 2.05) is 56.5 Å². The van der Waals surface area contributed by atoms with Gasteiger partial charge in [-0.3, -0.25) is 9.69 Å². The first-order valence-corrected chi connectivity index (χ1v) is 12.8. The Hall–Kier alpha value is -3.32. The van der Waals surface area contributed by atoms with E-state index in [1.165, 1.54) is 6.07 Å². The van der Waals surface area contributed by atoms with Crippen LogP contribution in [0.15, 0.2) is 54.6 Å². The number of fused-ring (bicyclic) bond motifs is 1. The second-order valence-corrected chi connectivity index (χ2v) is 10.5. The fourth-order valence-electron chi connectivity index (χ4n) is 5.11. The number of hydrogen-bond donors (Lipinski definition) is 2. The van der Waals surface area contributed by atoms with Gasteiger partial charge in [-0.2, -0.15) is 0 Å². The van der Waals surface area contributed by atoms with E-state index in [0.29, 0.717) is 38.4 Å². The Bertz CT molecular complexity index is 1540. The van der Waals surface area contributed by atoms with Crippen LogP contribution in [-0.4, -0.2) is 25.7 Å². The van der Waals surface area contributed by atoms with Gasteiger partial charge in [0.1, 0.15) is 17.6 Å². The highest BCUT2D eigenvalue weighted by atomic mass is 35.5. The smallest absolute Gasteiger partial charge is 0.279 e. The Kier molecular flexibility index (Phi) is 6.52. The molecule has 1 aliphatic rings. The van der Waals surface area contributed by atoms with Crippen molar-refractivity contribution in [1.29, 1.82) is 0 Å². The predicted molar refractivity (Wildman–Crippen MR) is 147 cm³/mol. The molecule has 0 aliphatic carbocycles. The molecular weight excluding hydrogens is 509 g/mol. The van der Waals surface area contributed by atoms with E-state index in [2.05, 4.69) is 0 Å². The largest absolute Gasteiger partial charge is 0.507 e. The van der Waals surface area contributed by atoms with Gasteiger partial charge in [0.15, 0.2) is 5.69 Å². The highest BCUT2D eigenvalue weighted by molar-refractivity contribution is 6.31. The van der Waals surface area contributed by atoms with Crippen LogP contribution in [0.1, 0.15) is 64.4 Å². The van der Waals surface area contributed by atoms with Crippen molar-refractivity contribution in [2.24, 2.45) is 0 Å². The van der Waals surface area contributed by atoms with Gasteiger partial charge in [-0.1, -0.05) is 41.4 Å². The molecule has 6 nitrogen and oxygen atoms in total. The van der Waals surface area contributed by atoms with Crippen LogP contribution in [0.2, 0.25) is 10.0 Å². The van der Waals surface area contributed by atoms with Crippen LogP contribution in [0.5, 0.6) is 5.75 Å². The van der Waals surface area contributed by atoms with E-state index in [9.17, 15) is 15.0 Å². The maximum atomic E-state index is 14.1. The summed E-state index contributed by atoms with van der Waals surface area (Å²) in [6.07, 6.45) is 0. The van der Waals surface area contributed by atoms with Crippen LogP contribution in [-0.2, 0) is 6.61 Å². The molecule has 0 saturated heterocycles. The van der Waals surface area contributed by atoms with Crippen molar-refractivity contribution in [3.05, 3.63) is 98.3 Å². The van der Waals surface area contributed by atoms with Crippen molar-refractivity contribution in [2.75, 3.05) is 4.90 Å². The highest BCUT2D eigenvalue weighted by Crippen LogP contribution is 2.47. The number of aliphatic hydroxyl groups is 1. The van der Waals surface area contributed by atoms with E-state index in [4.69, 9.17) is 28.2 Å². The third-order valence-corrected chi connectivity index (χ3v) is 7.31. The molecule has 1 unspecified atom stereocenters. The lowest BCUT2D eigenvalue weighted by molar-refractivity contribution is 0.0989. The lowest BCUT2D eigenvalue weighted by Crippen LogP contribution is -2.31. The Balaban J connectivity index is 1.83. The van der Waals surface area contributed by atoms with Gasteiger partial charge in [0.05, 0.1) is 17.9 Å². The molecular formula is C29H27Cl2N3O3. The zero-order chi connectivity index (χ0) is 26.6. The molecule has 0 spiro atoms. The molecule has 1 aliphatic heterocycles. The van der Waals surface area contributed by atoms with E-state index < -0.39 is 6.04 Å². The number of benzene rings is 3. The number of amides is 1. The molecule has 0 saturated carbocycles. The van der Waals surface area contributed by atoms with E-state index >= 15 is 0 Å². The number of aromatic hydroxyl groups is 1. The molecule has 0 bridgehead atoms. The van der Waals surface area contributed by atoms with Crippen molar-refractivity contribution in [3.63, 3.8) is 0 Å². The summed E-state index contributed by atoms with van der Waals surface area (Å²) in [5.74, 6) is 0.246. The maximum absolute atomic E-state index is 14.1. The van der Waals surface area contributed by atoms with Crippen molar-refractivity contribution in [1.82, 2.24) is 9.55 Å². The van der Waals surface area contributed by atoms with E-state index in [0.717, 1.165) is 22.4 Å². The molecule has 0 radical (unpaired) electrons. The summed E-state index contributed by atoms with van der Waals surface area (Å²) in [5.41, 5.74) is 5.60. The summed E-state index contributed by atoms with van der Waals surface area (Å²) in [6.45, 7) is 7.77. The first-order chi connectivity index (χ1) is 17.6. The number of aliphatic hydroxyl groups excluding tert-OH is 1. The Morgan fingerprint density at radius 3 is 2.35 bits per heavy atom. The fourth-order valence-corrected chi connectivity index (χ4v) is 5.51. The number of carbonyl (C=O) groups is 1. The molecule has 0 fully saturated rings. The summed E-state index contributed by atoms with van der Waals surface area (Å²) < 4.78 is 2.00. The highest BCUT2D eigenvalue weighted by Gasteiger charge is 2.45. The average Bonchev–Trinajstić information content (AvgIpc) is 3.36. The molecule has 37 heavy (non-hydrogen) atoms. The fraction of sp³-hybridized carbons (Fsp3) is 0.241. The topological polar surface area (TPSA) is 78.6 Å². The minimum Gasteiger partial charge on any atom is -0.507 e. The zero-order valence-corrected chi connectivity index (χ0v) is 22.5. The van der Waals surface area contributed by atoms with Crippen LogP contribution in [0, 0.1) is 13.8 Å². The summed E-state index contributed by atoms with van der Waals surface area (Å²) >= 11 is 12.7. The lowest BCUT2D eigenvalue weighted by Gasteiger charge is -2.30. The number of rotatable bonds is 5. The second-order valence-electron chi connectivity index (χ2n) is 9.65. The van der Waals surface area contributed by atoms with Gasteiger partial charge in [0, 0.05) is 21.8 Å². The van der Waals surface area contributed by atoms with Crippen molar-refractivity contribution >= 4 is 34.8 Å². The van der Waals surface area contributed by atoms with E-state index in [-0.39, 0.29) is 24.3 Å². The second kappa shape index (κ2) is 9.53. The number of aromatic nitrogens is 2. The summed E-state index contributed by atoms with van der Waals surface area (Å²) in [7, 11) is 0. The van der Waals surface area contributed by atoms with Crippen LogP contribution in [0.3, 0.4) is 0 Å². The standard InChI is InChI=1S/C29H27Cl2N3O3/c1-15(2)33-27-25(32-28(33)22-12-18(14-35)6-10-24(22)36)29(37)34(23-13-20(31)7-5-16(23)3)26(27)21-9-8-19(30)11-17(21)4/h5-13,15,26,35-36H,14H2,1-4H3. The number of imidazole rings is 1. The third-order valence-electron chi connectivity index (χ3n) is 6.84. The van der Waals surface area contributed by atoms with Gasteiger partial charge >= 0.3 is 0 Å². The zero-order valence-electron chi connectivity index (χ0n) is 21.0. The molecule has 2 N–H and O–H groups in total. The Morgan fingerprint density at radius 2 is 1.68 bits per heavy atom. The summed E-state index contributed by atoms with van der Waals surface area (Å²) in [4.78, 5) is 20.7. The van der Waals surface area contributed by atoms with Gasteiger partial charge in [-0.15, -0.1) is 0 Å². The molecule has 8 heteroatoms. The number of nitrogens with zero attached hydrogens (tertiary/aromatic N) is 3. The first kappa shape index (κ1) is 25.3. The van der Waals surface area contributed by atoms with Gasteiger partial charge in [-0.05, 0) is 86.3 Å². The SMILES string of the molecule is Cc1cc(Cl)ccc1C1c2c(nc(-c3cc(CO)ccc3O)n2C(C)C)C(=O)N1c1cc(Cl)ccc1C. The predicted octanol–water partition coefficient (Wildman–Crippen LogP) is 7.00. The van der Waals surface area contributed by atoms with Crippen LogP contribution in [0.25, 0.3) is 11.4 Å². The molecule has 1 amide bonds. The molecule has 4 aromatic rings. The number of phenols is 1. The van der Waals surface area contributed by atoms with Gasteiger partial charge < -0.3 is 14.8 Å². The maximum Gasteiger partial charge on any atom is 0.279 e. The van der Waals surface area contributed by atoms with Crippen molar-refractivity contribution in [3.8, 4) is 17.1 Å². The number of phenolic OH excluding ortho intramolecular Hbond substituents is 1. The molecule has 190 valence electrons. The third kappa shape index (κ3) is 4.19. The van der Waals surface area contributed by atoms with Crippen LogP contribution in [0.4, 0.5) is 5.69 Å². The minimum atomic E-state index is -0.497. The van der Waals surface area contributed by atoms with Crippen LogP contribution >= 0.6 is 23.2 Å². The number of anilines is 1. The molecule has 1 atom stereocenters. The number of halogens is 2. The van der Waals surface area contributed by atoms with Gasteiger partial charge in [0.2, 0.25) is 0 Å². The number of aryl methyl sites for hydroxylation is 2. The first-order valence-electron chi connectivity index (χ1n) is 12.0. The Morgan fingerprint density at radius 1 is 0.973 bits per heavy atom. The number of hydrogen-bond acceptors (Lipinski definition) is 4. The molecule has 1 aromatic heterocycles. The van der Waals surface area contributed by atoms with Crippen molar-refractivity contribution in [2.45, 2.75) is 46.4 Å². The summed E-state index contributed by atoms with van der Waals surface area (Å²) in [6, 6.07) is 15.5. The van der Waals surface area contributed by atoms with E-state index in [1.54, 1.807) is 29.2 Å². The minimum absolute atomic E-state index is 0.0250. The lowest BCUT2D eigenvalue weighted by atomic mass is 9.97. The molecule has 3 aromatic carbocycles. The van der Waals surface area contributed by atoms with Crippen LogP contribution < -0.4 is 4.90 Å².